The molecule has 1 aliphatic rings. The summed E-state index contributed by atoms with van der Waals surface area (Å²) in [5.74, 6) is 3.48. The first-order valence-electron chi connectivity index (χ1n) is 14.2. The highest BCUT2D eigenvalue weighted by Crippen LogP contribution is 2.32. The predicted octanol–water partition coefficient (Wildman–Crippen LogP) is 7.30. The summed E-state index contributed by atoms with van der Waals surface area (Å²) in [6.07, 6.45) is 2.19. The molecule has 2 heterocycles. The molecule has 39 heavy (non-hydrogen) atoms. The number of morpholine rings is 1. The second kappa shape index (κ2) is 12.2. The number of nitrogens with zero attached hydrogens (tertiary/aromatic N) is 3. The Morgan fingerprint density at radius 2 is 1.64 bits per heavy atom. The Labute approximate surface area is 232 Å². The van der Waals surface area contributed by atoms with Crippen molar-refractivity contribution >= 4 is 11.0 Å². The number of hydrogen-bond acceptors (Lipinski definition) is 5. The topological polar surface area (TPSA) is 48.8 Å². The maximum absolute atomic E-state index is 6.25. The van der Waals surface area contributed by atoms with Gasteiger partial charge in [0.2, 0.25) is 0 Å². The largest absolute Gasteiger partial charge is 0.492 e. The Hall–Kier alpha value is -3.35. The number of benzene rings is 3. The Morgan fingerprint density at radius 1 is 0.872 bits per heavy atom. The van der Waals surface area contributed by atoms with E-state index in [1.54, 1.807) is 0 Å². The molecule has 4 aromatic rings. The molecule has 0 spiro atoms. The molecule has 5 rings (SSSR count). The van der Waals surface area contributed by atoms with Gasteiger partial charge < -0.3 is 18.8 Å². The van der Waals surface area contributed by atoms with Gasteiger partial charge in [-0.15, -0.1) is 0 Å². The highest BCUT2D eigenvalue weighted by molar-refractivity contribution is 5.82. The zero-order chi connectivity index (χ0) is 27.2. The molecule has 0 atom stereocenters. The number of ether oxygens (including phenoxy) is 3. The van der Waals surface area contributed by atoms with E-state index in [0.717, 1.165) is 91.9 Å². The number of rotatable bonds is 10. The van der Waals surface area contributed by atoms with Crippen LogP contribution in [0.3, 0.4) is 0 Å². The zero-order valence-corrected chi connectivity index (χ0v) is 23.8. The number of imidazole rings is 1. The highest BCUT2D eigenvalue weighted by Gasteiger charge is 2.16. The zero-order valence-electron chi connectivity index (χ0n) is 23.8. The first-order valence-corrected chi connectivity index (χ1v) is 14.2. The summed E-state index contributed by atoms with van der Waals surface area (Å²) >= 11 is 0. The van der Waals surface area contributed by atoms with Crippen LogP contribution in [0.25, 0.3) is 22.4 Å². The number of unbranched alkanes of at least 4 members (excludes halogenated alkanes) is 1. The van der Waals surface area contributed by atoms with E-state index >= 15 is 0 Å². The summed E-state index contributed by atoms with van der Waals surface area (Å²) in [5.41, 5.74) is 4.53. The Morgan fingerprint density at radius 3 is 2.38 bits per heavy atom. The molecule has 0 amide bonds. The minimum absolute atomic E-state index is 0.115. The molecule has 1 aliphatic heterocycles. The van der Waals surface area contributed by atoms with Gasteiger partial charge in [0.15, 0.2) is 0 Å². The maximum Gasteiger partial charge on any atom is 0.141 e. The van der Waals surface area contributed by atoms with E-state index in [1.165, 1.54) is 5.56 Å². The summed E-state index contributed by atoms with van der Waals surface area (Å²) < 4.78 is 20.2. The van der Waals surface area contributed by atoms with Crippen LogP contribution in [0, 0.1) is 0 Å². The molecular formula is C33H41N3O3. The fourth-order valence-electron chi connectivity index (χ4n) is 4.93. The van der Waals surface area contributed by atoms with Crippen molar-refractivity contribution in [2.45, 2.75) is 52.5 Å². The lowest BCUT2D eigenvalue weighted by molar-refractivity contribution is 0.0322. The molecular weight excluding hydrogens is 486 g/mol. The summed E-state index contributed by atoms with van der Waals surface area (Å²) in [4.78, 5) is 7.44. The van der Waals surface area contributed by atoms with Gasteiger partial charge in [-0.3, -0.25) is 4.90 Å². The summed E-state index contributed by atoms with van der Waals surface area (Å²) in [7, 11) is 0. The third kappa shape index (κ3) is 6.81. The smallest absolute Gasteiger partial charge is 0.141 e. The van der Waals surface area contributed by atoms with E-state index in [9.17, 15) is 0 Å². The molecule has 0 bridgehead atoms. The number of aryl methyl sites for hydroxylation is 1. The molecule has 1 saturated heterocycles. The molecule has 206 valence electrons. The van der Waals surface area contributed by atoms with Crippen molar-refractivity contribution in [1.82, 2.24) is 14.5 Å². The van der Waals surface area contributed by atoms with Crippen molar-refractivity contribution in [3.05, 3.63) is 72.3 Å². The minimum atomic E-state index is 0.115. The van der Waals surface area contributed by atoms with Gasteiger partial charge in [0, 0.05) is 37.8 Å². The molecule has 1 fully saturated rings. The Bertz CT molecular complexity index is 1370. The highest BCUT2D eigenvalue weighted by atomic mass is 16.5. The second-order valence-electron chi connectivity index (χ2n) is 11.3. The fourth-order valence-corrected chi connectivity index (χ4v) is 4.93. The molecule has 3 aromatic carbocycles. The van der Waals surface area contributed by atoms with Gasteiger partial charge in [-0.05, 0) is 53.8 Å². The summed E-state index contributed by atoms with van der Waals surface area (Å²) in [5, 5.41) is 0. The molecule has 0 saturated carbocycles. The first-order chi connectivity index (χ1) is 18.9. The van der Waals surface area contributed by atoms with E-state index in [2.05, 4.69) is 73.6 Å². The normalized spacial score (nSPS) is 14.6. The van der Waals surface area contributed by atoms with Crippen LogP contribution in [0.4, 0.5) is 0 Å². The Kier molecular flexibility index (Phi) is 8.53. The van der Waals surface area contributed by atoms with Crippen LogP contribution in [-0.2, 0) is 16.7 Å². The molecule has 6 nitrogen and oxygen atoms in total. The Balaban J connectivity index is 1.37. The monoisotopic (exact) mass is 527 g/mol. The average Bonchev–Trinajstić information content (AvgIpc) is 3.30. The number of fused-ring (bicyclic) bond motifs is 1. The van der Waals surface area contributed by atoms with E-state index < -0.39 is 0 Å². The quantitative estimate of drug-likeness (QED) is 0.216. The van der Waals surface area contributed by atoms with Crippen molar-refractivity contribution in [2.24, 2.45) is 0 Å². The first kappa shape index (κ1) is 27.2. The van der Waals surface area contributed by atoms with Crippen molar-refractivity contribution in [3.63, 3.8) is 0 Å². The van der Waals surface area contributed by atoms with Crippen molar-refractivity contribution in [1.29, 1.82) is 0 Å². The van der Waals surface area contributed by atoms with Crippen LogP contribution >= 0.6 is 0 Å². The predicted molar refractivity (Wildman–Crippen MR) is 158 cm³/mol. The van der Waals surface area contributed by atoms with Gasteiger partial charge >= 0.3 is 0 Å². The number of hydrogen-bond donors (Lipinski definition) is 0. The lowest BCUT2D eigenvalue weighted by Gasteiger charge is -2.26. The van der Waals surface area contributed by atoms with Crippen molar-refractivity contribution < 1.29 is 14.2 Å². The average molecular weight is 528 g/mol. The van der Waals surface area contributed by atoms with Crippen molar-refractivity contribution in [2.75, 3.05) is 39.5 Å². The van der Waals surface area contributed by atoms with Crippen LogP contribution in [0.15, 0.2) is 66.7 Å². The van der Waals surface area contributed by atoms with Crippen molar-refractivity contribution in [3.8, 4) is 28.6 Å². The third-order valence-corrected chi connectivity index (χ3v) is 7.28. The molecule has 6 heteroatoms. The maximum atomic E-state index is 6.25. The fraction of sp³-hybridized carbons (Fsp3) is 0.424. The SMILES string of the molecule is CCCCn1c(-c2cccc(Oc3ccc(C(C)(C)C)cc3)c2)nc2ccc(OCCN3CCOCC3)cc21. The van der Waals surface area contributed by atoms with Crippen LogP contribution in [0.2, 0.25) is 0 Å². The van der Waals surface area contributed by atoms with E-state index in [1.807, 2.05) is 30.3 Å². The second-order valence-corrected chi connectivity index (χ2v) is 11.3. The van der Waals surface area contributed by atoms with Crippen LogP contribution in [0.5, 0.6) is 17.2 Å². The van der Waals surface area contributed by atoms with Gasteiger partial charge in [0.25, 0.3) is 0 Å². The molecule has 1 aromatic heterocycles. The molecule has 0 aliphatic carbocycles. The summed E-state index contributed by atoms with van der Waals surface area (Å²) in [6, 6.07) is 22.9. The van der Waals surface area contributed by atoms with Gasteiger partial charge in [0.05, 0.1) is 24.2 Å². The minimum Gasteiger partial charge on any atom is -0.492 e. The van der Waals surface area contributed by atoms with Gasteiger partial charge in [-0.2, -0.15) is 0 Å². The van der Waals surface area contributed by atoms with E-state index in [-0.39, 0.29) is 5.41 Å². The molecule has 0 N–H and O–H groups in total. The van der Waals surface area contributed by atoms with Gasteiger partial charge in [-0.25, -0.2) is 4.98 Å². The third-order valence-electron chi connectivity index (χ3n) is 7.28. The van der Waals surface area contributed by atoms with E-state index in [0.29, 0.717) is 6.61 Å². The summed E-state index contributed by atoms with van der Waals surface area (Å²) in [6.45, 7) is 14.9. The van der Waals surface area contributed by atoms with Crippen LogP contribution in [0.1, 0.15) is 46.1 Å². The van der Waals surface area contributed by atoms with Gasteiger partial charge in [0.1, 0.15) is 29.7 Å². The van der Waals surface area contributed by atoms with Gasteiger partial charge in [-0.1, -0.05) is 58.4 Å². The lowest BCUT2D eigenvalue weighted by atomic mass is 9.87. The number of aromatic nitrogens is 2. The molecule has 0 radical (unpaired) electrons. The standard InChI is InChI=1S/C33H41N3O3/c1-5-6-16-36-31-24-28(38-22-19-35-17-20-37-21-18-35)14-15-30(31)34-32(36)25-8-7-9-29(23-25)39-27-12-10-26(11-13-27)33(2,3)4/h7-15,23-24H,5-6,16-22H2,1-4H3. The van der Waals surface area contributed by atoms with E-state index in [4.69, 9.17) is 19.2 Å². The van der Waals surface area contributed by atoms with Crippen LogP contribution < -0.4 is 9.47 Å². The molecule has 0 unspecified atom stereocenters. The lowest BCUT2D eigenvalue weighted by Crippen LogP contribution is -2.38. The van der Waals surface area contributed by atoms with Crippen LogP contribution in [-0.4, -0.2) is 53.9 Å².